The van der Waals surface area contributed by atoms with Crippen LogP contribution in [0.3, 0.4) is 0 Å². The summed E-state index contributed by atoms with van der Waals surface area (Å²) in [6, 6.07) is 8.24. The largest absolute Gasteiger partial charge is 0.322 e. The van der Waals surface area contributed by atoms with Gasteiger partial charge in [-0.3, -0.25) is 4.79 Å². The number of aryl methyl sites for hydroxylation is 1. The molecule has 0 spiro atoms. The topological polar surface area (TPSA) is 42.0 Å². The van der Waals surface area contributed by atoms with Crippen LogP contribution in [0.2, 0.25) is 0 Å². The van der Waals surface area contributed by atoms with Gasteiger partial charge in [0.1, 0.15) is 0 Å². The minimum absolute atomic E-state index is 0.253. The molecular formula is C14H13FN2O. The second kappa shape index (κ2) is 4.96. The fourth-order valence-electron chi connectivity index (χ4n) is 1.62. The van der Waals surface area contributed by atoms with Crippen molar-refractivity contribution in [3.8, 4) is 0 Å². The highest BCUT2D eigenvalue weighted by Crippen LogP contribution is 2.18. The monoisotopic (exact) mass is 244 g/mol. The third-order valence-corrected chi connectivity index (χ3v) is 2.84. The van der Waals surface area contributed by atoms with E-state index in [2.05, 4.69) is 10.3 Å². The maximum absolute atomic E-state index is 12.9. The molecule has 0 bridgehead atoms. The third-order valence-electron chi connectivity index (χ3n) is 2.84. The minimum Gasteiger partial charge on any atom is -0.322 e. The summed E-state index contributed by atoms with van der Waals surface area (Å²) >= 11 is 0. The van der Waals surface area contributed by atoms with Crippen molar-refractivity contribution >= 4 is 11.6 Å². The van der Waals surface area contributed by atoms with E-state index in [-0.39, 0.29) is 11.5 Å². The Morgan fingerprint density at radius 3 is 2.78 bits per heavy atom. The average molecular weight is 244 g/mol. The molecule has 0 aliphatic carbocycles. The smallest absolute Gasteiger partial charge is 0.255 e. The van der Waals surface area contributed by atoms with E-state index in [0.717, 1.165) is 22.9 Å². The first-order chi connectivity index (χ1) is 8.58. The molecule has 1 N–H and O–H groups in total. The molecule has 1 heterocycles. The number of anilines is 1. The van der Waals surface area contributed by atoms with Crippen molar-refractivity contribution in [2.45, 2.75) is 13.8 Å². The molecule has 0 radical (unpaired) electrons. The number of rotatable bonds is 2. The van der Waals surface area contributed by atoms with E-state index in [1.54, 1.807) is 0 Å². The summed E-state index contributed by atoms with van der Waals surface area (Å²) in [4.78, 5) is 15.3. The molecule has 18 heavy (non-hydrogen) atoms. The van der Waals surface area contributed by atoms with E-state index in [9.17, 15) is 9.18 Å². The first-order valence-corrected chi connectivity index (χ1v) is 5.57. The molecule has 4 heteroatoms. The van der Waals surface area contributed by atoms with E-state index in [4.69, 9.17) is 0 Å². The third kappa shape index (κ3) is 2.53. The molecule has 1 aromatic heterocycles. The number of amides is 1. The number of benzene rings is 1. The van der Waals surface area contributed by atoms with Gasteiger partial charge in [0.25, 0.3) is 5.91 Å². The number of pyridine rings is 1. The molecule has 0 fully saturated rings. The Morgan fingerprint density at radius 1 is 1.28 bits per heavy atom. The van der Waals surface area contributed by atoms with Gasteiger partial charge in [-0.15, -0.1) is 0 Å². The quantitative estimate of drug-likeness (QED) is 0.825. The molecular weight excluding hydrogens is 231 g/mol. The first kappa shape index (κ1) is 12.2. The van der Waals surface area contributed by atoms with Crippen LogP contribution in [-0.2, 0) is 0 Å². The van der Waals surface area contributed by atoms with E-state index < -0.39 is 5.95 Å². The summed E-state index contributed by atoms with van der Waals surface area (Å²) in [5, 5.41) is 2.76. The Hall–Kier alpha value is -2.23. The normalized spacial score (nSPS) is 10.2. The fraction of sp³-hybridized carbons (Fsp3) is 0.143. The van der Waals surface area contributed by atoms with Gasteiger partial charge in [-0.25, -0.2) is 4.98 Å². The van der Waals surface area contributed by atoms with E-state index in [0.29, 0.717) is 0 Å². The van der Waals surface area contributed by atoms with Crippen LogP contribution in [0.4, 0.5) is 10.1 Å². The predicted octanol–water partition coefficient (Wildman–Crippen LogP) is 3.09. The lowest BCUT2D eigenvalue weighted by Gasteiger charge is -2.10. The van der Waals surface area contributed by atoms with E-state index in [1.807, 2.05) is 32.0 Å². The lowest BCUT2D eigenvalue weighted by atomic mass is 10.1. The lowest BCUT2D eigenvalue weighted by molar-refractivity contribution is 0.102. The molecule has 3 nitrogen and oxygen atoms in total. The van der Waals surface area contributed by atoms with Crippen LogP contribution in [0.5, 0.6) is 0 Å². The summed E-state index contributed by atoms with van der Waals surface area (Å²) < 4.78 is 12.9. The van der Waals surface area contributed by atoms with Crippen LogP contribution < -0.4 is 5.32 Å². The van der Waals surface area contributed by atoms with E-state index >= 15 is 0 Å². The lowest BCUT2D eigenvalue weighted by Crippen LogP contribution is -2.13. The van der Waals surface area contributed by atoms with Crippen LogP contribution >= 0.6 is 0 Å². The molecule has 92 valence electrons. The number of halogens is 1. The summed E-state index contributed by atoms with van der Waals surface area (Å²) in [5.41, 5.74) is 3.08. The van der Waals surface area contributed by atoms with E-state index in [1.165, 1.54) is 12.3 Å². The second-order valence-corrected chi connectivity index (χ2v) is 4.07. The Labute approximate surface area is 105 Å². The molecule has 0 aliphatic heterocycles. The van der Waals surface area contributed by atoms with Crippen molar-refractivity contribution in [2.24, 2.45) is 0 Å². The molecule has 0 unspecified atom stereocenters. The molecule has 0 aliphatic rings. The molecule has 2 rings (SSSR count). The van der Waals surface area contributed by atoms with Gasteiger partial charge in [0, 0.05) is 23.5 Å². The van der Waals surface area contributed by atoms with Crippen LogP contribution in [-0.4, -0.2) is 10.9 Å². The molecule has 0 saturated heterocycles. The maximum atomic E-state index is 12.9. The zero-order chi connectivity index (χ0) is 13.1. The number of carbonyl (C=O) groups is 1. The SMILES string of the molecule is Cc1cccc(NC(=O)c2ccnc(F)c2)c1C. The second-order valence-electron chi connectivity index (χ2n) is 4.07. The van der Waals surface area contributed by atoms with Crippen molar-refractivity contribution in [1.29, 1.82) is 0 Å². The van der Waals surface area contributed by atoms with Gasteiger partial charge >= 0.3 is 0 Å². The first-order valence-electron chi connectivity index (χ1n) is 5.57. The number of aromatic nitrogens is 1. The van der Waals surface area contributed by atoms with Crippen molar-refractivity contribution in [3.05, 3.63) is 59.2 Å². The van der Waals surface area contributed by atoms with Crippen LogP contribution in [0.25, 0.3) is 0 Å². The van der Waals surface area contributed by atoms with Crippen molar-refractivity contribution in [1.82, 2.24) is 4.98 Å². The van der Waals surface area contributed by atoms with Crippen molar-refractivity contribution in [3.63, 3.8) is 0 Å². The molecule has 0 saturated carbocycles. The van der Waals surface area contributed by atoms with Gasteiger partial charge < -0.3 is 5.32 Å². The minimum atomic E-state index is -0.663. The van der Waals surface area contributed by atoms with Crippen molar-refractivity contribution in [2.75, 3.05) is 5.32 Å². The summed E-state index contributed by atoms with van der Waals surface area (Å²) in [6.07, 6.45) is 1.27. The van der Waals surface area contributed by atoms with Gasteiger partial charge in [0.05, 0.1) is 0 Å². The molecule has 1 aromatic carbocycles. The van der Waals surface area contributed by atoms with Gasteiger partial charge in [0.2, 0.25) is 5.95 Å². The summed E-state index contributed by atoms with van der Waals surface area (Å²) in [5.74, 6) is -1.01. The standard InChI is InChI=1S/C14H13FN2O/c1-9-4-3-5-12(10(9)2)17-14(18)11-6-7-16-13(15)8-11/h3-8H,1-2H3,(H,17,18). The zero-order valence-corrected chi connectivity index (χ0v) is 10.2. The highest BCUT2D eigenvalue weighted by Gasteiger charge is 2.09. The Kier molecular flexibility index (Phi) is 3.37. The molecule has 0 atom stereocenters. The fourth-order valence-corrected chi connectivity index (χ4v) is 1.62. The highest BCUT2D eigenvalue weighted by atomic mass is 19.1. The highest BCUT2D eigenvalue weighted by molar-refractivity contribution is 6.04. The number of carbonyl (C=O) groups excluding carboxylic acids is 1. The van der Waals surface area contributed by atoms with Gasteiger partial charge in [-0.2, -0.15) is 4.39 Å². The number of nitrogens with one attached hydrogen (secondary N) is 1. The van der Waals surface area contributed by atoms with Gasteiger partial charge in [0.15, 0.2) is 0 Å². The average Bonchev–Trinajstić information content (AvgIpc) is 2.35. The zero-order valence-electron chi connectivity index (χ0n) is 10.2. The maximum Gasteiger partial charge on any atom is 0.255 e. The van der Waals surface area contributed by atoms with Crippen LogP contribution in [0.15, 0.2) is 36.5 Å². The number of nitrogens with zero attached hydrogens (tertiary/aromatic N) is 1. The van der Waals surface area contributed by atoms with Crippen molar-refractivity contribution < 1.29 is 9.18 Å². The van der Waals surface area contributed by atoms with Crippen LogP contribution in [0.1, 0.15) is 21.5 Å². The van der Waals surface area contributed by atoms with Crippen LogP contribution in [0, 0.1) is 19.8 Å². The summed E-state index contributed by atoms with van der Waals surface area (Å²) in [6.45, 7) is 3.90. The summed E-state index contributed by atoms with van der Waals surface area (Å²) in [7, 11) is 0. The Morgan fingerprint density at radius 2 is 2.06 bits per heavy atom. The Balaban J connectivity index is 2.24. The van der Waals surface area contributed by atoms with Gasteiger partial charge in [-0.1, -0.05) is 12.1 Å². The number of hydrogen-bond acceptors (Lipinski definition) is 2. The predicted molar refractivity (Wildman–Crippen MR) is 68.1 cm³/mol. The molecule has 1 amide bonds. The Bertz CT molecular complexity index is 596. The number of hydrogen-bond donors (Lipinski definition) is 1. The van der Waals surface area contributed by atoms with Gasteiger partial charge in [-0.05, 0) is 37.1 Å². The molecule has 2 aromatic rings.